The van der Waals surface area contributed by atoms with Crippen molar-refractivity contribution in [2.24, 2.45) is 5.73 Å². The molecule has 19 heavy (non-hydrogen) atoms. The van der Waals surface area contributed by atoms with Gasteiger partial charge < -0.3 is 15.0 Å². The fraction of sp³-hybridized carbons (Fsp3) is 0.231. The lowest BCUT2D eigenvalue weighted by atomic mass is 10.2. The lowest BCUT2D eigenvalue weighted by Crippen LogP contribution is -2.09. The van der Waals surface area contributed by atoms with E-state index in [-0.39, 0.29) is 6.61 Å². The van der Waals surface area contributed by atoms with Crippen LogP contribution in [0.25, 0.3) is 0 Å². The Labute approximate surface area is 119 Å². The van der Waals surface area contributed by atoms with E-state index in [1.54, 1.807) is 17.1 Å². The Morgan fingerprint density at radius 3 is 2.95 bits per heavy atom. The molecule has 0 radical (unpaired) electrons. The first-order chi connectivity index (χ1) is 9.20. The summed E-state index contributed by atoms with van der Waals surface area (Å²) in [6.07, 6.45) is 3.21. The Hall–Kier alpha value is -1.66. The van der Waals surface area contributed by atoms with Crippen LogP contribution in [-0.2, 0) is 17.9 Å². The summed E-state index contributed by atoms with van der Waals surface area (Å²) in [5, 5.41) is 0. The van der Waals surface area contributed by atoms with Gasteiger partial charge in [0, 0.05) is 29.3 Å². The third kappa shape index (κ3) is 3.65. The van der Waals surface area contributed by atoms with Crippen molar-refractivity contribution < 1.29 is 9.53 Å². The summed E-state index contributed by atoms with van der Waals surface area (Å²) in [7, 11) is 0. The summed E-state index contributed by atoms with van der Waals surface area (Å²) in [6, 6.07) is 7.59. The fourth-order valence-electron chi connectivity index (χ4n) is 1.57. The molecular weight excluding hydrogens is 310 g/mol. The third-order valence-electron chi connectivity index (χ3n) is 2.55. The predicted molar refractivity (Wildman–Crippen MR) is 74.5 cm³/mol. The van der Waals surface area contributed by atoms with E-state index in [1.165, 1.54) is 0 Å². The van der Waals surface area contributed by atoms with Crippen molar-refractivity contribution in [2.45, 2.75) is 13.2 Å². The van der Waals surface area contributed by atoms with Gasteiger partial charge in [0.2, 0.25) is 0 Å². The minimum Gasteiger partial charge on any atom is -0.456 e. The molecule has 1 aromatic heterocycles. The standard InChI is InChI=1S/C13H14BrN3O2/c14-11-4-2-1-3-10(11)8-19-13(18)12-7-17(6-5-15)9-16-12/h1-4,7,9H,5-6,8,15H2. The number of nitrogens with zero attached hydrogens (tertiary/aromatic N) is 2. The highest BCUT2D eigenvalue weighted by Gasteiger charge is 2.11. The third-order valence-corrected chi connectivity index (χ3v) is 3.32. The lowest BCUT2D eigenvalue weighted by molar-refractivity contribution is 0.0465. The molecule has 2 aromatic rings. The van der Waals surface area contributed by atoms with E-state index in [2.05, 4.69) is 20.9 Å². The molecule has 0 aliphatic carbocycles. The summed E-state index contributed by atoms with van der Waals surface area (Å²) in [5.41, 5.74) is 6.63. The summed E-state index contributed by atoms with van der Waals surface area (Å²) in [6.45, 7) is 1.34. The SMILES string of the molecule is NCCn1cnc(C(=O)OCc2ccccc2Br)c1. The molecule has 0 amide bonds. The molecule has 0 saturated heterocycles. The zero-order chi connectivity index (χ0) is 13.7. The van der Waals surface area contributed by atoms with Crippen LogP contribution in [0, 0.1) is 0 Å². The van der Waals surface area contributed by atoms with Gasteiger partial charge in [0.25, 0.3) is 0 Å². The maximum atomic E-state index is 11.8. The molecule has 0 unspecified atom stereocenters. The average Bonchev–Trinajstić information content (AvgIpc) is 2.87. The molecule has 1 heterocycles. The highest BCUT2D eigenvalue weighted by Crippen LogP contribution is 2.17. The quantitative estimate of drug-likeness (QED) is 0.854. The Balaban J connectivity index is 1.95. The number of aromatic nitrogens is 2. The molecule has 2 rings (SSSR count). The van der Waals surface area contributed by atoms with Gasteiger partial charge in [-0.1, -0.05) is 34.1 Å². The van der Waals surface area contributed by atoms with Gasteiger partial charge in [-0.3, -0.25) is 0 Å². The van der Waals surface area contributed by atoms with Crippen molar-refractivity contribution in [1.29, 1.82) is 0 Å². The van der Waals surface area contributed by atoms with Crippen LogP contribution in [0.2, 0.25) is 0 Å². The highest BCUT2D eigenvalue weighted by atomic mass is 79.9. The van der Waals surface area contributed by atoms with Crippen LogP contribution in [0.1, 0.15) is 16.1 Å². The number of imidazole rings is 1. The van der Waals surface area contributed by atoms with Crippen molar-refractivity contribution in [3.05, 3.63) is 52.5 Å². The molecule has 0 atom stereocenters. The van der Waals surface area contributed by atoms with Gasteiger partial charge in [-0.2, -0.15) is 0 Å². The van der Waals surface area contributed by atoms with Gasteiger partial charge in [-0.15, -0.1) is 0 Å². The van der Waals surface area contributed by atoms with Gasteiger partial charge in [0.15, 0.2) is 5.69 Å². The van der Waals surface area contributed by atoms with E-state index in [4.69, 9.17) is 10.5 Å². The Morgan fingerprint density at radius 2 is 2.21 bits per heavy atom. The summed E-state index contributed by atoms with van der Waals surface area (Å²) >= 11 is 3.40. The van der Waals surface area contributed by atoms with Crippen molar-refractivity contribution in [3.8, 4) is 0 Å². The van der Waals surface area contributed by atoms with Crippen molar-refractivity contribution in [2.75, 3.05) is 6.54 Å². The number of halogens is 1. The molecule has 100 valence electrons. The van der Waals surface area contributed by atoms with Crippen LogP contribution in [0.15, 0.2) is 41.3 Å². The first-order valence-corrected chi connectivity index (χ1v) is 6.62. The second-order valence-electron chi connectivity index (χ2n) is 3.95. The van der Waals surface area contributed by atoms with E-state index in [0.717, 1.165) is 10.0 Å². The Bertz CT molecular complexity index is 569. The maximum absolute atomic E-state index is 11.8. The largest absolute Gasteiger partial charge is 0.456 e. The van der Waals surface area contributed by atoms with Crippen LogP contribution in [0.5, 0.6) is 0 Å². The van der Waals surface area contributed by atoms with Gasteiger partial charge >= 0.3 is 5.97 Å². The van der Waals surface area contributed by atoms with E-state index >= 15 is 0 Å². The number of benzene rings is 1. The molecular formula is C13H14BrN3O2. The first-order valence-electron chi connectivity index (χ1n) is 5.83. The van der Waals surface area contributed by atoms with Gasteiger partial charge in [0.05, 0.1) is 6.33 Å². The molecule has 0 fully saturated rings. The summed E-state index contributed by atoms with van der Waals surface area (Å²) < 4.78 is 7.88. The molecule has 5 nitrogen and oxygen atoms in total. The maximum Gasteiger partial charge on any atom is 0.358 e. The van der Waals surface area contributed by atoms with Crippen molar-refractivity contribution in [1.82, 2.24) is 9.55 Å². The van der Waals surface area contributed by atoms with Crippen LogP contribution >= 0.6 is 15.9 Å². The number of ether oxygens (including phenoxy) is 1. The van der Waals surface area contributed by atoms with Crippen molar-refractivity contribution >= 4 is 21.9 Å². The van der Waals surface area contributed by atoms with E-state index in [9.17, 15) is 4.79 Å². The Kier molecular flexibility index (Phi) is 4.70. The number of carbonyl (C=O) groups excluding carboxylic acids is 1. The smallest absolute Gasteiger partial charge is 0.358 e. The molecule has 0 saturated carbocycles. The number of carbonyl (C=O) groups is 1. The van der Waals surface area contributed by atoms with Crippen LogP contribution < -0.4 is 5.73 Å². The normalized spacial score (nSPS) is 10.4. The number of esters is 1. The number of hydrogen-bond acceptors (Lipinski definition) is 4. The predicted octanol–water partition coefficient (Wildman–Crippen LogP) is 1.96. The molecule has 2 N–H and O–H groups in total. The van der Waals surface area contributed by atoms with Gasteiger partial charge in [-0.25, -0.2) is 9.78 Å². The minimum absolute atomic E-state index is 0.212. The second kappa shape index (κ2) is 6.49. The topological polar surface area (TPSA) is 70.1 Å². The fourth-order valence-corrected chi connectivity index (χ4v) is 1.97. The van der Waals surface area contributed by atoms with Gasteiger partial charge in [0.1, 0.15) is 6.61 Å². The molecule has 0 spiro atoms. The zero-order valence-electron chi connectivity index (χ0n) is 10.3. The van der Waals surface area contributed by atoms with Crippen LogP contribution in [-0.4, -0.2) is 22.1 Å². The first kappa shape index (κ1) is 13.8. The highest BCUT2D eigenvalue weighted by molar-refractivity contribution is 9.10. The monoisotopic (exact) mass is 323 g/mol. The van der Waals surface area contributed by atoms with Crippen molar-refractivity contribution in [3.63, 3.8) is 0 Å². The van der Waals surface area contributed by atoms with E-state index in [1.807, 2.05) is 24.3 Å². The zero-order valence-corrected chi connectivity index (χ0v) is 11.8. The summed E-state index contributed by atoms with van der Waals surface area (Å²) in [5.74, 6) is -0.438. The molecule has 0 aliphatic heterocycles. The number of nitrogens with two attached hydrogens (primary N) is 1. The van der Waals surface area contributed by atoms with E-state index < -0.39 is 5.97 Å². The number of rotatable bonds is 5. The van der Waals surface area contributed by atoms with Crippen LogP contribution in [0.3, 0.4) is 0 Å². The average molecular weight is 324 g/mol. The minimum atomic E-state index is -0.438. The molecule has 0 bridgehead atoms. The number of hydrogen-bond donors (Lipinski definition) is 1. The second-order valence-corrected chi connectivity index (χ2v) is 4.81. The molecule has 1 aromatic carbocycles. The lowest BCUT2D eigenvalue weighted by Gasteiger charge is -2.04. The Morgan fingerprint density at radius 1 is 1.42 bits per heavy atom. The summed E-state index contributed by atoms with van der Waals surface area (Å²) in [4.78, 5) is 15.8. The molecule has 0 aliphatic rings. The molecule has 6 heteroatoms. The van der Waals surface area contributed by atoms with Gasteiger partial charge in [-0.05, 0) is 6.07 Å². The van der Waals surface area contributed by atoms with Crippen LogP contribution in [0.4, 0.5) is 0 Å². The van der Waals surface area contributed by atoms with E-state index in [0.29, 0.717) is 18.8 Å².